The van der Waals surface area contributed by atoms with Gasteiger partial charge in [0, 0.05) is 63.9 Å². The van der Waals surface area contributed by atoms with Gasteiger partial charge in [0.25, 0.3) is 0 Å². The Morgan fingerprint density at radius 2 is 1.77 bits per heavy atom. The molecule has 2 fully saturated rings. The average Bonchev–Trinajstić information content (AvgIpc) is 3.39. The lowest BCUT2D eigenvalue weighted by Gasteiger charge is -2.34. The van der Waals surface area contributed by atoms with Gasteiger partial charge in [0.2, 0.25) is 11.9 Å². The summed E-state index contributed by atoms with van der Waals surface area (Å²) in [6.45, 7) is 4.52. The molecule has 138 valence electrons. The number of carbonyl (C=O) groups is 1. The lowest BCUT2D eigenvalue weighted by molar-refractivity contribution is -0.130. The van der Waals surface area contributed by atoms with Crippen molar-refractivity contribution in [2.24, 2.45) is 11.8 Å². The molecule has 2 aliphatic heterocycles. The maximum absolute atomic E-state index is 12.5. The minimum atomic E-state index is 0.262. The first-order chi connectivity index (χ1) is 12.8. The fourth-order valence-corrected chi connectivity index (χ4v) is 4.23. The molecule has 0 radical (unpaired) electrons. The first kappa shape index (κ1) is 17.0. The number of rotatable bonds is 5. The lowest BCUT2D eigenvalue weighted by atomic mass is 9.84. The van der Waals surface area contributed by atoms with E-state index in [-0.39, 0.29) is 5.91 Å². The van der Waals surface area contributed by atoms with Crippen LogP contribution in [-0.4, -0.2) is 56.7 Å². The van der Waals surface area contributed by atoms with Crippen LogP contribution < -0.4 is 4.90 Å². The molecular weight excluding hydrogens is 328 g/mol. The molecule has 0 aliphatic carbocycles. The molecule has 0 aromatic carbocycles. The van der Waals surface area contributed by atoms with E-state index in [4.69, 9.17) is 0 Å². The lowest BCUT2D eigenvalue weighted by Crippen LogP contribution is -2.38. The van der Waals surface area contributed by atoms with Gasteiger partial charge in [0.15, 0.2) is 0 Å². The van der Waals surface area contributed by atoms with Crippen LogP contribution in [0.4, 0.5) is 5.95 Å². The summed E-state index contributed by atoms with van der Waals surface area (Å²) in [5.74, 6) is 2.45. The molecule has 0 spiro atoms. The first-order valence-corrected chi connectivity index (χ1v) is 9.57. The molecule has 26 heavy (non-hydrogen) atoms. The van der Waals surface area contributed by atoms with Gasteiger partial charge in [-0.3, -0.25) is 9.48 Å². The molecule has 1 atom stereocenters. The zero-order chi connectivity index (χ0) is 17.8. The SMILES string of the molecule is O=C(CCn1cccn1)N1CCC(C2CCN(c3ncccn3)CC2)C1. The monoisotopic (exact) mass is 354 g/mol. The Bertz CT molecular complexity index is 696. The maximum atomic E-state index is 12.5. The topological polar surface area (TPSA) is 67.2 Å². The molecule has 4 heterocycles. The molecule has 1 unspecified atom stereocenters. The van der Waals surface area contributed by atoms with Crippen LogP contribution in [-0.2, 0) is 11.3 Å². The second-order valence-electron chi connectivity index (χ2n) is 7.28. The number of amides is 1. The minimum absolute atomic E-state index is 0.262. The molecule has 2 saturated heterocycles. The van der Waals surface area contributed by atoms with Gasteiger partial charge in [-0.2, -0.15) is 5.10 Å². The molecule has 7 nitrogen and oxygen atoms in total. The molecule has 0 saturated carbocycles. The van der Waals surface area contributed by atoms with Crippen molar-refractivity contribution in [3.8, 4) is 0 Å². The van der Waals surface area contributed by atoms with Crippen molar-refractivity contribution in [1.29, 1.82) is 0 Å². The van der Waals surface area contributed by atoms with E-state index in [1.54, 1.807) is 18.6 Å². The van der Waals surface area contributed by atoms with Crippen molar-refractivity contribution in [3.05, 3.63) is 36.9 Å². The van der Waals surface area contributed by atoms with Crippen molar-refractivity contribution in [3.63, 3.8) is 0 Å². The van der Waals surface area contributed by atoms with Gasteiger partial charge >= 0.3 is 0 Å². The standard InChI is InChI=1S/C19H26N6O/c26-18(6-14-25-10-2-9-22-25)24-13-5-17(15-24)16-3-11-23(12-4-16)19-20-7-1-8-21-19/h1-2,7-10,16-17H,3-6,11-15H2. The second kappa shape index (κ2) is 7.85. The molecule has 2 aliphatic rings. The third-order valence-corrected chi connectivity index (χ3v) is 5.73. The summed E-state index contributed by atoms with van der Waals surface area (Å²) in [6, 6.07) is 3.75. The van der Waals surface area contributed by atoms with Crippen molar-refractivity contribution in [2.75, 3.05) is 31.1 Å². The van der Waals surface area contributed by atoms with E-state index in [1.165, 1.54) is 0 Å². The van der Waals surface area contributed by atoms with E-state index in [2.05, 4.69) is 24.9 Å². The number of hydrogen-bond acceptors (Lipinski definition) is 5. The van der Waals surface area contributed by atoms with Crippen LogP contribution in [0.3, 0.4) is 0 Å². The highest BCUT2D eigenvalue weighted by atomic mass is 16.2. The molecule has 0 bridgehead atoms. The third-order valence-electron chi connectivity index (χ3n) is 5.73. The minimum Gasteiger partial charge on any atom is -0.342 e. The Balaban J connectivity index is 1.23. The molecule has 7 heteroatoms. The fourth-order valence-electron chi connectivity index (χ4n) is 4.23. The van der Waals surface area contributed by atoms with Crippen LogP contribution in [0.1, 0.15) is 25.7 Å². The Morgan fingerprint density at radius 1 is 1.00 bits per heavy atom. The number of aryl methyl sites for hydroxylation is 1. The largest absolute Gasteiger partial charge is 0.342 e. The van der Waals surface area contributed by atoms with E-state index in [9.17, 15) is 4.79 Å². The normalized spacial score (nSPS) is 21.3. The van der Waals surface area contributed by atoms with Gasteiger partial charge in [0.05, 0.1) is 0 Å². The summed E-state index contributed by atoms with van der Waals surface area (Å²) >= 11 is 0. The summed E-state index contributed by atoms with van der Waals surface area (Å²) in [7, 11) is 0. The zero-order valence-corrected chi connectivity index (χ0v) is 15.1. The molecule has 2 aromatic rings. The van der Waals surface area contributed by atoms with Gasteiger partial charge in [0.1, 0.15) is 0 Å². The molecule has 0 N–H and O–H groups in total. The molecule has 1 amide bonds. The summed E-state index contributed by atoms with van der Waals surface area (Å²) in [5.41, 5.74) is 0. The van der Waals surface area contributed by atoms with Gasteiger partial charge in [-0.25, -0.2) is 9.97 Å². The summed E-state index contributed by atoms with van der Waals surface area (Å²) in [6.07, 6.45) is 11.3. The van der Waals surface area contributed by atoms with Crippen LogP contribution in [0.5, 0.6) is 0 Å². The predicted molar refractivity (Wildman–Crippen MR) is 98.5 cm³/mol. The van der Waals surface area contributed by atoms with Crippen LogP contribution >= 0.6 is 0 Å². The Morgan fingerprint density at radius 3 is 2.50 bits per heavy atom. The maximum Gasteiger partial charge on any atom is 0.225 e. The van der Waals surface area contributed by atoms with E-state index in [1.807, 2.05) is 23.0 Å². The number of aromatic nitrogens is 4. The Hall–Kier alpha value is -2.44. The average molecular weight is 354 g/mol. The van der Waals surface area contributed by atoms with E-state index < -0.39 is 0 Å². The van der Waals surface area contributed by atoms with Crippen LogP contribution in [0.15, 0.2) is 36.9 Å². The van der Waals surface area contributed by atoms with E-state index in [0.717, 1.165) is 51.4 Å². The van der Waals surface area contributed by atoms with Crippen LogP contribution in [0.25, 0.3) is 0 Å². The molecule has 2 aromatic heterocycles. The van der Waals surface area contributed by atoms with Crippen molar-refractivity contribution in [1.82, 2.24) is 24.6 Å². The molecular formula is C19H26N6O. The summed E-state index contributed by atoms with van der Waals surface area (Å²) < 4.78 is 1.83. The number of hydrogen-bond donors (Lipinski definition) is 0. The van der Waals surface area contributed by atoms with Gasteiger partial charge in [-0.1, -0.05) is 0 Å². The Kier molecular flexibility index (Phi) is 5.13. The van der Waals surface area contributed by atoms with E-state index >= 15 is 0 Å². The summed E-state index contributed by atoms with van der Waals surface area (Å²) in [5, 5.41) is 4.17. The quantitative estimate of drug-likeness (QED) is 0.819. The van der Waals surface area contributed by atoms with Crippen molar-refractivity contribution >= 4 is 11.9 Å². The highest BCUT2D eigenvalue weighted by molar-refractivity contribution is 5.76. The number of carbonyl (C=O) groups excluding carboxylic acids is 1. The van der Waals surface area contributed by atoms with Gasteiger partial charge < -0.3 is 9.80 Å². The number of anilines is 1. The zero-order valence-electron chi connectivity index (χ0n) is 15.1. The van der Waals surface area contributed by atoms with Crippen molar-refractivity contribution in [2.45, 2.75) is 32.2 Å². The molecule has 4 rings (SSSR count). The highest BCUT2D eigenvalue weighted by Crippen LogP contribution is 2.32. The van der Waals surface area contributed by atoms with Crippen molar-refractivity contribution < 1.29 is 4.79 Å². The number of piperidine rings is 1. The number of likely N-dealkylation sites (tertiary alicyclic amines) is 1. The van der Waals surface area contributed by atoms with Crippen LogP contribution in [0, 0.1) is 11.8 Å². The number of nitrogens with zero attached hydrogens (tertiary/aromatic N) is 6. The Labute approximate surface area is 154 Å². The van der Waals surface area contributed by atoms with E-state index in [0.29, 0.717) is 24.8 Å². The van der Waals surface area contributed by atoms with Gasteiger partial charge in [-0.05, 0) is 43.2 Å². The predicted octanol–water partition coefficient (Wildman–Crippen LogP) is 1.83. The fraction of sp³-hybridized carbons (Fsp3) is 0.579. The van der Waals surface area contributed by atoms with Gasteiger partial charge in [-0.15, -0.1) is 0 Å². The van der Waals surface area contributed by atoms with Crippen LogP contribution in [0.2, 0.25) is 0 Å². The first-order valence-electron chi connectivity index (χ1n) is 9.57. The highest BCUT2D eigenvalue weighted by Gasteiger charge is 2.33. The summed E-state index contributed by atoms with van der Waals surface area (Å²) in [4.78, 5) is 25.5. The third kappa shape index (κ3) is 3.86. The smallest absolute Gasteiger partial charge is 0.225 e. The second-order valence-corrected chi connectivity index (χ2v) is 7.28.